The van der Waals surface area contributed by atoms with Crippen molar-refractivity contribution in [1.82, 2.24) is 4.90 Å². The fourth-order valence-corrected chi connectivity index (χ4v) is 4.53. The van der Waals surface area contributed by atoms with E-state index in [0.717, 1.165) is 19.6 Å². The molecule has 0 saturated carbocycles. The molecule has 20 heavy (non-hydrogen) atoms. The van der Waals surface area contributed by atoms with Crippen LogP contribution in [0.25, 0.3) is 0 Å². The first-order chi connectivity index (χ1) is 9.86. The van der Waals surface area contributed by atoms with Crippen LogP contribution in [0.15, 0.2) is 29.2 Å². The summed E-state index contributed by atoms with van der Waals surface area (Å²) in [6, 6.07) is 8.92. The number of hydrogen-bond acceptors (Lipinski definition) is 3. The summed E-state index contributed by atoms with van der Waals surface area (Å²) in [6.07, 6.45) is 4.12. The lowest BCUT2D eigenvalue weighted by atomic mass is 9.99. The second kappa shape index (κ2) is 6.97. The van der Waals surface area contributed by atoms with Gasteiger partial charge in [-0.3, -0.25) is 0 Å². The molecule has 2 heterocycles. The Morgan fingerprint density at radius 3 is 3.15 bits per heavy atom. The maximum Gasteiger partial charge on any atom is 0.0702 e. The number of thioether (sulfide) groups is 1. The van der Waals surface area contributed by atoms with Crippen LogP contribution < -0.4 is 0 Å². The summed E-state index contributed by atoms with van der Waals surface area (Å²) in [7, 11) is 0. The fraction of sp³-hybridized carbons (Fsp3) is 0.647. The second-order valence-corrected chi connectivity index (χ2v) is 7.00. The number of likely N-dealkylation sites (tertiary alicyclic amines) is 1. The Bertz CT molecular complexity index is 437. The van der Waals surface area contributed by atoms with Crippen LogP contribution in [0.2, 0.25) is 0 Å². The van der Waals surface area contributed by atoms with Crippen molar-refractivity contribution in [2.24, 2.45) is 0 Å². The summed E-state index contributed by atoms with van der Waals surface area (Å²) in [5.74, 6) is 1.96. The molecule has 2 atom stereocenters. The third-order valence-corrected chi connectivity index (χ3v) is 5.55. The zero-order valence-electron chi connectivity index (χ0n) is 12.4. The van der Waals surface area contributed by atoms with Crippen LogP contribution in [0, 0.1) is 0 Å². The molecule has 2 aliphatic rings. The predicted octanol–water partition coefficient (Wildman–Crippen LogP) is 3.77. The van der Waals surface area contributed by atoms with Gasteiger partial charge in [-0.25, -0.2) is 0 Å². The molecule has 0 N–H and O–H groups in total. The fourth-order valence-electron chi connectivity index (χ4n) is 3.29. The molecule has 3 rings (SSSR count). The minimum Gasteiger partial charge on any atom is -0.377 e. The average molecular weight is 291 g/mol. The van der Waals surface area contributed by atoms with Gasteiger partial charge in [0.1, 0.15) is 0 Å². The molecule has 0 aromatic heterocycles. The van der Waals surface area contributed by atoms with E-state index in [1.807, 2.05) is 11.8 Å². The highest BCUT2D eigenvalue weighted by molar-refractivity contribution is 7.99. The van der Waals surface area contributed by atoms with Crippen LogP contribution in [0.1, 0.15) is 37.7 Å². The Kier molecular flexibility index (Phi) is 5.03. The summed E-state index contributed by atoms with van der Waals surface area (Å²) in [6.45, 7) is 6.68. The Hall–Kier alpha value is -0.510. The largest absolute Gasteiger partial charge is 0.377 e. The smallest absolute Gasteiger partial charge is 0.0702 e. The van der Waals surface area contributed by atoms with Crippen molar-refractivity contribution in [3.05, 3.63) is 29.8 Å². The Balaban J connectivity index is 1.56. The maximum absolute atomic E-state index is 5.95. The van der Waals surface area contributed by atoms with Crippen molar-refractivity contribution in [3.63, 3.8) is 0 Å². The number of ether oxygens (including phenoxy) is 1. The number of benzene rings is 1. The number of fused-ring (bicyclic) bond motifs is 1. The molecule has 1 aromatic rings. The van der Waals surface area contributed by atoms with E-state index >= 15 is 0 Å². The monoisotopic (exact) mass is 291 g/mol. The standard InChI is InChI=1S/C17H25NOS/c1-2-10-19-15-6-5-9-18(12-15)11-14-13-20-17-8-4-3-7-16(14)17/h3-4,7-8,14-15H,2,5-6,9-13H2,1H3. The van der Waals surface area contributed by atoms with Crippen molar-refractivity contribution < 1.29 is 4.74 Å². The topological polar surface area (TPSA) is 12.5 Å². The third kappa shape index (κ3) is 3.38. The van der Waals surface area contributed by atoms with Crippen molar-refractivity contribution in [2.45, 2.75) is 43.1 Å². The normalized spacial score (nSPS) is 26.6. The second-order valence-electron chi connectivity index (χ2n) is 5.94. The molecule has 1 saturated heterocycles. The predicted molar refractivity (Wildman–Crippen MR) is 85.6 cm³/mol. The lowest BCUT2D eigenvalue weighted by Crippen LogP contribution is -2.41. The molecule has 2 aliphatic heterocycles. The Labute approximate surface area is 126 Å². The SMILES string of the molecule is CCCOC1CCCN(CC2CSc3ccccc32)C1. The van der Waals surface area contributed by atoms with Crippen molar-refractivity contribution in [2.75, 3.05) is 32.0 Å². The Morgan fingerprint density at radius 1 is 1.35 bits per heavy atom. The number of hydrogen-bond donors (Lipinski definition) is 0. The van der Waals surface area contributed by atoms with Gasteiger partial charge in [-0.2, -0.15) is 0 Å². The highest BCUT2D eigenvalue weighted by Crippen LogP contribution is 2.39. The number of rotatable bonds is 5. The molecule has 0 spiro atoms. The molecule has 110 valence electrons. The van der Waals surface area contributed by atoms with E-state index in [2.05, 4.69) is 36.1 Å². The van der Waals surface area contributed by atoms with Gasteiger partial charge in [0.2, 0.25) is 0 Å². The molecule has 0 bridgehead atoms. The molecule has 1 aromatic carbocycles. The number of nitrogens with zero attached hydrogens (tertiary/aromatic N) is 1. The molecular weight excluding hydrogens is 266 g/mol. The van der Waals surface area contributed by atoms with E-state index in [9.17, 15) is 0 Å². The van der Waals surface area contributed by atoms with Gasteiger partial charge < -0.3 is 9.64 Å². The highest BCUT2D eigenvalue weighted by atomic mass is 32.2. The van der Waals surface area contributed by atoms with Gasteiger partial charge in [0, 0.05) is 36.3 Å². The zero-order valence-corrected chi connectivity index (χ0v) is 13.2. The van der Waals surface area contributed by atoms with Crippen LogP contribution in [0.4, 0.5) is 0 Å². The highest BCUT2D eigenvalue weighted by Gasteiger charge is 2.27. The van der Waals surface area contributed by atoms with Gasteiger partial charge in [-0.15, -0.1) is 11.8 Å². The van der Waals surface area contributed by atoms with Gasteiger partial charge in [-0.05, 0) is 37.4 Å². The summed E-state index contributed by atoms with van der Waals surface area (Å²) in [4.78, 5) is 4.12. The molecule has 0 radical (unpaired) electrons. The van der Waals surface area contributed by atoms with Gasteiger partial charge in [0.05, 0.1) is 6.10 Å². The van der Waals surface area contributed by atoms with Gasteiger partial charge in [0.15, 0.2) is 0 Å². The first-order valence-electron chi connectivity index (χ1n) is 7.92. The van der Waals surface area contributed by atoms with Crippen LogP contribution in [-0.2, 0) is 4.74 Å². The third-order valence-electron chi connectivity index (χ3n) is 4.30. The van der Waals surface area contributed by atoms with Crippen molar-refractivity contribution in [3.8, 4) is 0 Å². The Morgan fingerprint density at radius 2 is 2.25 bits per heavy atom. The molecule has 2 unspecified atom stereocenters. The van der Waals surface area contributed by atoms with Crippen molar-refractivity contribution in [1.29, 1.82) is 0 Å². The van der Waals surface area contributed by atoms with Gasteiger partial charge in [-0.1, -0.05) is 25.1 Å². The zero-order chi connectivity index (χ0) is 13.8. The van der Waals surface area contributed by atoms with Crippen LogP contribution in [0.3, 0.4) is 0 Å². The van der Waals surface area contributed by atoms with E-state index in [4.69, 9.17) is 4.74 Å². The van der Waals surface area contributed by atoms with Crippen molar-refractivity contribution >= 4 is 11.8 Å². The molecule has 1 fully saturated rings. The van der Waals surface area contributed by atoms with Crippen LogP contribution in [-0.4, -0.2) is 43.0 Å². The quantitative estimate of drug-likeness (QED) is 0.819. The number of piperidine rings is 1. The van der Waals surface area contributed by atoms with E-state index in [0.29, 0.717) is 12.0 Å². The van der Waals surface area contributed by atoms with Crippen LogP contribution >= 0.6 is 11.8 Å². The molecule has 3 heteroatoms. The molecule has 0 aliphatic carbocycles. The molecule has 2 nitrogen and oxygen atoms in total. The molecule has 0 amide bonds. The van der Waals surface area contributed by atoms with Gasteiger partial charge in [0.25, 0.3) is 0 Å². The first-order valence-corrected chi connectivity index (χ1v) is 8.91. The average Bonchev–Trinajstić information content (AvgIpc) is 2.89. The van der Waals surface area contributed by atoms with E-state index in [1.54, 1.807) is 5.56 Å². The lowest BCUT2D eigenvalue weighted by molar-refractivity contribution is -0.00101. The van der Waals surface area contributed by atoms with Crippen LogP contribution in [0.5, 0.6) is 0 Å². The van der Waals surface area contributed by atoms with E-state index in [-0.39, 0.29) is 0 Å². The molecular formula is C17H25NOS. The lowest BCUT2D eigenvalue weighted by Gasteiger charge is -2.34. The summed E-state index contributed by atoms with van der Waals surface area (Å²) in [5.41, 5.74) is 1.56. The minimum absolute atomic E-state index is 0.466. The van der Waals surface area contributed by atoms with E-state index < -0.39 is 0 Å². The first kappa shape index (κ1) is 14.4. The van der Waals surface area contributed by atoms with E-state index in [1.165, 1.54) is 36.6 Å². The summed E-state index contributed by atoms with van der Waals surface area (Å²) in [5, 5.41) is 0. The minimum atomic E-state index is 0.466. The maximum atomic E-state index is 5.95. The summed E-state index contributed by atoms with van der Waals surface area (Å²) >= 11 is 2.02. The summed E-state index contributed by atoms with van der Waals surface area (Å²) < 4.78 is 5.95. The van der Waals surface area contributed by atoms with Gasteiger partial charge >= 0.3 is 0 Å².